The maximum Gasteiger partial charge on any atom is 0.252 e. The fourth-order valence-electron chi connectivity index (χ4n) is 2.03. The molecule has 0 aliphatic rings. The van der Waals surface area contributed by atoms with Gasteiger partial charge in [0.2, 0.25) is 0 Å². The van der Waals surface area contributed by atoms with E-state index in [-0.39, 0.29) is 5.91 Å². The standard InChI is InChI=1S/C16H17BrN2O2/c1-10-4-3-5-13(15(10)17)16(20)19-9-11-8-12(18)6-7-14(11)21-2/h3-8H,9,18H2,1-2H3,(H,19,20). The highest BCUT2D eigenvalue weighted by Crippen LogP contribution is 2.23. The zero-order chi connectivity index (χ0) is 15.4. The number of methoxy groups -OCH3 is 1. The molecule has 0 fully saturated rings. The summed E-state index contributed by atoms with van der Waals surface area (Å²) in [5.41, 5.74) is 8.87. The van der Waals surface area contributed by atoms with Crippen molar-refractivity contribution in [3.63, 3.8) is 0 Å². The summed E-state index contributed by atoms with van der Waals surface area (Å²) in [6.07, 6.45) is 0. The fourth-order valence-corrected chi connectivity index (χ4v) is 2.47. The van der Waals surface area contributed by atoms with Gasteiger partial charge in [0.1, 0.15) is 5.75 Å². The second-order valence-electron chi connectivity index (χ2n) is 4.69. The summed E-state index contributed by atoms with van der Waals surface area (Å²) in [5, 5.41) is 2.88. The molecule has 2 rings (SSSR count). The minimum absolute atomic E-state index is 0.143. The number of carbonyl (C=O) groups is 1. The van der Waals surface area contributed by atoms with Crippen LogP contribution in [0.3, 0.4) is 0 Å². The highest BCUT2D eigenvalue weighted by atomic mass is 79.9. The second kappa shape index (κ2) is 6.63. The Labute approximate surface area is 132 Å². The van der Waals surface area contributed by atoms with Crippen LogP contribution in [0.1, 0.15) is 21.5 Å². The predicted molar refractivity (Wildman–Crippen MR) is 87.5 cm³/mol. The summed E-state index contributed by atoms with van der Waals surface area (Å²) in [6.45, 7) is 2.30. The SMILES string of the molecule is COc1ccc(N)cc1CNC(=O)c1cccc(C)c1Br. The Kier molecular flexibility index (Phi) is 4.85. The number of carbonyl (C=O) groups excluding carboxylic acids is 1. The van der Waals surface area contributed by atoms with Crippen molar-refractivity contribution in [1.82, 2.24) is 5.32 Å². The third-order valence-electron chi connectivity index (χ3n) is 3.18. The summed E-state index contributed by atoms with van der Waals surface area (Å²) in [7, 11) is 1.59. The lowest BCUT2D eigenvalue weighted by Crippen LogP contribution is -2.23. The van der Waals surface area contributed by atoms with Crippen LogP contribution in [0, 0.1) is 6.92 Å². The number of nitrogens with two attached hydrogens (primary N) is 1. The van der Waals surface area contributed by atoms with Gasteiger partial charge in [-0.15, -0.1) is 0 Å². The van der Waals surface area contributed by atoms with Gasteiger partial charge in [-0.1, -0.05) is 12.1 Å². The molecular weight excluding hydrogens is 332 g/mol. The van der Waals surface area contributed by atoms with E-state index in [9.17, 15) is 4.79 Å². The van der Waals surface area contributed by atoms with Gasteiger partial charge in [0, 0.05) is 22.3 Å². The number of halogens is 1. The minimum atomic E-state index is -0.143. The van der Waals surface area contributed by atoms with E-state index in [0.29, 0.717) is 23.5 Å². The molecule has 1 amide bonds. The Morgan fingerprint density at radius 3 is 2.81 bits per heavy atom. The molecule has 2 aromatic carbocycles. The first kappa shape index (κ1) is 15.4. The Balaban J connectivity index is 2.15. The lowest BCUT2D eigenvalue weighted by atomic mass is 10.1. The molecule has 4 nitrogen and oxygen atoms in total. The van der Waals surface area contributed by atoms with E-state index in [1.165, 1.54) is 0 Å². The van der Waals surface area contributed by atoms with E-state index >= 15 is 0 Å². The average Bonchev–Trinajstić information content (AvgIpc) is 2.47. The van der Waals surface area contributed by atoms with E-state index in [2.05, 4.69) is 21.2 Å². The number of rotatable bonds is 4. The van der Waals surface area contributed by atoms with Crippen LogP contribution in [0.2, 0.25) is 0 Å². The molecule has 3 N–H and O–H groups in total. The predicted octanol–water partition coefficient (Wildman–Crippen LogP) is 3.28. The summed E-state index contributed by atoms with van der Waals surface area (Å²) < 4.78 is 6.07. The van der Waals surface area contributed by atoms with Gasteiger partial charge in [-0.05, 0) is 52.7 Å². The number of aryl methyl sites for hydroxylation is 1. The highest BCUT2D eigenvalue weighted by molar-refractivity contribution is 9.10. The lowest BCUT2D eigenvalue weighted by molar-refractivity contribution is 0.0950. The van der Waals surface area contributed by atoms with Crippen molar-refractivity contribution < 1.29 is 9.53 Å². The van der Waals surface area contributed by atoms with Gasteiger partial charge >= 0.3 is 0 Å². The maximum absolute atomic E-state index is 12.3. The number of ether oxygens (including phenoxy) is 1. The zero-order valence-electron chi connectivity index (χ0n) is 11.9. The molecule has 0 unspecified atom stereocenters. The molecule has 0 saturated heterocycles. The molecular formula is C16H17BrN2O2. The number of hydrogen-bond donors (Lipinski definition) is 2. The van der Waals surface area contributed by atoms with Crippen molar-refractivity contribution in [1.29, 1.82) is 0 Å². The van der Waals surface area contributed by atoms with Crippen molar-refractivity contribution in [2.24, 2.45) is 0 Å². The number of amides is 1. The van der Waals surface area contributed by atoms with E-state index in [1.54, 1.807) is 31.4 Å². The molecule has 0 aromatic heterocycles. The molecule has 2 aromatic rings. The maximum atomic E-state index is 12.3. The molecule has 0 spiro atoms. The molecule has 0 heterocycles. The van der Waals surface area contributed by atoms with Gasteiger partial charge < -0.3 is 15.8 Å². The summed E-state index contributed by atoms with van der Waals surface area (Å²) >= 11 is 3.44. The van der Waals surface area contributed by atoms with Crippen LogP contribution in [0.5, 0.6) is 5.75 Å². The van der Waals surface area contributed by atoms with E-state index in [1.807, 2.05) is 19.1 Å². The quantitative estimate of drug-likeness (QED) is 0.833. The Morgan fingerprint density at radius 2 is 2.10 bits per heavy atom. The van der Waals surface area contributed by atoms with Crippen LogP contribution in [0.15, 0.2) is 40.9 Å². The third-order valence-corrected chi connectivity index (χ3v) is 4.23. The molecule has 21 heavy (non-hydrogen) atoms. The number of anilines is 1. The first-order chi connectivity index (χ1) is 10.0. The largest absolute Gasteiger partial charge is 0.496 e. The normalized spacial score (nSPS) is 10.2. The molecule has 110 valence electrons. The van der Waals surface area contributed by atoms with Gasteiger partial charge in [-0.25, -0.2) is 0 Å². The molecule has 0 aliphatic carbocycles. The Hall–Kier alpha value is -2.01. The summed E-state index contributed by atoms with van der Waals surface area (Å²) in [4.78, 5) is 12.3. The molecule has 0 bridgehead atoms. The number of nitrogens with one attached hydrogen (secondary N) is 1. The topological polar surface area (TPSA) is 64.3 Å². The zero-order valence-corrected chi connectivity index (χ0v) is 13.5. The van der Waals surface area contributed by atoms with Crippen molar-refractivity contribution >= 4 is 27.5 Å². The van der Waals surface area contributed by atoms with Crippen molar-refractivity contribution in [2.75, 3.05) is 12.8 Å². The third kappa shape index (κ3) is 3.55. The van der Waals surface area contributed by atoms with Crippen LogP contribution >= 0.6 is 15.9 Å². The number of hydrogen-bond acceptors (Lipinski definition) is 3. The first-order valence-electron chi connectivity index (χ1n) is 6.48. The van der Waals surface area contributed by atoms with Gasteiger partial charge in [0.25, 0.3) is 5.91 Å². The lowest BCUT2D eigenvalue weighted by Gasteiger charge is -2.12. The molecule has 5 heteroatoms. The molecule has 0 radical (unpaired) electrons. The van der Waals surface area contributed by atoms with Crippen LogP contribution in [-0.2, 0) is 6.54 Å². The van der Waals surface area contributed by atoms with E-state index in [4.69, 9.17) is 10.5 Å². The van der Waals surface area contributed by atoms with Crippen molar-refractivity contribution in [3.05, 3.63) is 57.6 Å². The van der Waals surface area contributed by atoms with Gasteiger partial charge in [0.15, 0.2) is 0 Å². The fraction of sp³-hybridized carbons (Fsp3) is 0.188. The summed E-state index contributed by atoms with van der Waals surface area (Å²) in [5.74, 6) is 0.558. The van der Waals surface area contributed by atoms with E-state index < -0.39 is 0 Å². The number of benzene rings is 2. The molecule has 0 atom stereocenters. The average molecular weight is 349 g/mol. The first-order valence-corrected chi connectivity index (χ1v) is 7.28. The van der Waals surface area contributed by atoms with Crippen LogP contribution in [0.4, 0.5) is 5.69 Å². The Bertz CT molecular complexity index is 671. The van der Waals surface area contributed by atoms with Crippen LogP contribution in [-0.4, -0.2) is 13.0 Å². The second-order valence-corrected chi connectivity index (χ2v) is 5.48. The number of nitrogen functional groups attached to an aromatic ring is 1. The van der Waals surface area contributed by atoms with E-state index in [0.717, 1.165) is 15.6 Å². The molecule has 0 saturated carbocycles. The van der Waals surface area contributed by atoms with Crippen LogP contribution in [0.25, 0.3) is 0 Å². The smallest absolute Gasteiger partial charge is 0.252 e. The van der Waals surface area contributed by atoms with Gasteiger partial charge in [0.05, 0.1) is 12.7 Å². The summed E-state index contributed by atoms with van der Waals surface area (Å²) in [6, 6.07) is 10.9. The highest BCUT2D eigenvalue weighted by Gasteiger charge is 2.12. The molecule has 0 aliphatic heterocycles. The van der Waals surface area contributed by atoms with Crippen molar-refractivity contribution in [2.45, 2.75) is 13.5 Å². The van der Waals surface area contributed by atoms with Crippen molar-refractivity contribution in [3.8, 4) is 5.75 Å². The van der Waals surface area contributed by atoms with Crippen LogP contribution < -0.4 is 15.8 Å². The Morgan fingerprint density at radius 1 is 1.33 bits per heavy atom. The van der Waals surface area contributed by atoms with Gasteiger partial charge in [-0.2, -0.15) is 0 Å². The monoisotopic (exact) mass is 348 g/mol. The van der Waals surface area contributed by atoms with Gasteiger partial charge in [-0.3, -0.25) is 4.79 Å². The minimum Gasteiger partial charge on any atom is -0.496 e.